The molecule has 0 N–H and O–H groups in total. The standard InChI is InChI=1S/C14H15FN2O/c1-3-6-17-9-11(8-16-17)14-7-12(15)4-5-13(14)10(2)18/h4-5,7-9H,3,6H2,1-2H3. The first-order chi connectivity index (χ1) is 8.61. The molecule has 18 heavy (non-hydrogen) atoms. The molecule has 4 heteroatoms. The normalized spacial score (nSPS) is 10.6. The molecule has 94 valence electrons. The van der Waals surface area contributed by atoms with Crippen LogP contribution in [0.25, 0.3) is 11.1 Å². The third kappa shape index (κ3) is 2.47. The molecule has 1 aromatic heterocycles. The van der Waals surface area contributed by atoms with E-state index in [1.54, 1.807) is 10.9 Å². The maximum absolute atomic E-state index is 13.3. The molecule has 1 heterocycles. The largest absolute Gasteiger partial charge is 0.294 e. The summed E-state index contributed by atoms with van der Waals surface area (Å²) >= 11 is 0. The van der Waals surface area contributed by atoms with Crippen molar-refractivity contribution < 1.29 is 9.18 Å². The van der Waals surface area contributed by atoms with E-state index in [4.69, 9.17) is 0 Å². The fraction of sp³-hybridized carbons (Fsp3) is 0.286. The summed E-state index contributed by atoms with van der Waals surface area (Å²) in [6, 6.07) is 4.20. The van der Waals surface area contributed by atoms with Crippen LogP contribution in [0.4, 0.5) is 4.39 Å². The van der Waals surface area contributed by atoms with Crippen molar-refractivity contribution in [2.24, 2.45) is 0 Å². The topological polar surface area (TPSA) is 34.9 Å². The van der Waals surface area contributed by atoms with Crippen LogP contribution in [0.2, 0.25) is 0 Å². The second kappa shape index (κ2) is 5.12. The van der Waals surface area contributed by atoms with E-state index in [0.29, 0.717) is 11.1 Å². The first kappa shape index (κ1) is 12.5. The number of carbonyl (C=O) groups excluding carboxylic acids is 1. The molecule has 0 amide bonds. The number of rotatable bonds is 4. The van der Waals surface area contributed by atoms with Gasteiger partial charge in [-0.3, -0.25) is 9.48 Å². The van der Waals surface area contributed by atoms with Crippen LogP contribution in [0.1, 0.15) is 30.6 Å². The molecule has 0 spiro atoms. The highest BCUT2D eigenvalue weighted by Crippen LogP contribution is 2.24. The van der Waals surface area contributed by atoms with E-state index >= 15 is 0 Å². The lowest BCUT2D eigenvalue weighted by molar-refractivity contribution is 0.101. The number of aromatic nitrogens is 2. The van der Waals surface area contributed by atoms with Crippen molar-refractivity contribution in [2.45, 2.75) is 26.8 Å². The summed E-state index contributed by atoms with van der Waals surface area (Å²) in [4.78, 5) is 11.5. The molecule has 2 rings (SSSR count). The highest BCUT2D eigenvalue weighted by molar-refractivity contribution is 6.00. The number of ketones is 1. The quantitative estimate of drug-likeness (QED) is 0.776. The predicted octanol–water partition coefficient (Wildman–Crippen LogP) is 3.30. The molecule has 2 aromatic rings. The van der Waals surface area contributed by atoms with Crippen LogP contribution >= 0.6 is 0 Å². The van der Waals surface area contributed by atoms with E-state index in [0.717, 1.165) is 18.5 Å². The second-order valence-electron chi connectivity index (χ2n) is 4.24. The Kier molecular flexibility index (Phi) is 3.55. The smallest absolute Gasteiger partial charge is 0.160 e. The molecule has 0 bridgehead atoms. The average molecular weight is 246 g/mol. The zero-order valence-corrected chi connectivity index (χ0v) is 10.5. The zero-order chi connectivity index (χ0) is 13.1. The van der Waals surface area contributed by atoms with Crippen molar-refractivity contribution in [1.29, 1.82) is 0 Å². The Morgan fingerprint density at radius 3 is 2.89 bits per heavy atom. The molecule has 0 fully saturated rings. The third-order valence-corrected chi connectivity index (χ3v) is 2.76. The van der Waals surface area contributed by atoms with Crippen molar-refractivity contribution in [3.63, 3.8) is 0 Å². The van der Waals surface area contributed by atoms with Gasteiger partial charge in [0.2, 0.25) is 0 Å². The molecule has 0 saturated carbocycles. The Bertz CT molecular complexity index is 575. The molecule has 0 radical (unpaired) electrons. The summed E-state index contributed by atoms with van der Waals surface area (Å²) in [6.07, 6.45) is 4.48. The highest BCUT2D eigenvalue weighted by Gasteiger charge is 2.12. The first-order valence-corrected chi connectivity index (χ1v) is 5.95. The summed E-state index contributed by atoms with van der Waals surface area (Å²) in [5.74, 6) is -0.425. The summed E-state index contributed by atoms with van der Waals surface area (Å²) in [7, 11) is 0. The van der Waals surface area contributed by atoms with Crippen LogP contribution in [0, 0.1) is 5.82 Å². The van der Waals surface area contributed by atoms with Crippen molar-refractivity contribution in [1.82, 2.24) is 9.78 Å². The van der Waals surface area contributed by atoms with Crippen LogP contribution < -0.4 is 0 Å². The van der Waals surface area contributed by atoms with Gasteiger partial charge in [0.1, 0.15) is 5.82 Å². The lowest BCUT2D eigenvalue weighted by Crippen LogP contribution is -1.97. The number of aryl methyl sites for hydroxylation is 1. The van der Waals surface area contributed by atoms with Gasteiger partial charge in [0, 0.05) is 23.9 Å². The Balaban J connectivity index is 2.47. The van der Waals surface area contributed by atoms with Crippen molar-refractivity contribution in [3.8, 4) is 11.1 Å². The molecule has 1 aromatic carbocycles. The van der Waals surface area contributed by atoms with E-state index < -0.39 is 0 Å². The van der Waals surface area contributed by atoms with E-state index in [-0.39, 0.29) is 11.6 Å². The molecule has 0 aliphatic rings. The molecule has 0 aliphatic carbocycles. The minimum absolute atomic E-state index is 0.0757. The van der Waals surface area contributed by atoms with Crippen LogP contribution in [-0.4, -0.2) is 15.6 Å². The number of hydrogen-bond donors (Lipinski definition) is 0. The predicted molar refractivity (Wildman–Crippen MR) is 67.9 cm³/mol. The van der Waals surface area contributed by atoms with Gasteiger partial charge in [-0.25, -0.2) is 4.39 Å². The summed E-state index contributed by atoms with van der Waals surface area (Å²) in [5, 5.41) is 4.20. The number of Topliss-reactive ketones (excluding diaryl/α,β-unsaturated/α-hetero) is 1. The van der Waals surface area contributed by atoms with Crippen LogP contribution in [0.15, 0.2) is 30.6 Å². The van der Waals surface area contributed by atoms with E-state index in [1.165, 1.54) is 25.1 Å². The Morgan fingerprint density at radius 2 is 2.22 bits per heavy atom. The SMILES string of the molecule is CCCn1cc(-c2cc(F)ccc2C(C)=O)cn1. The lowest BCUT2D eigenvalue weighted by atomic mass is 10.00. The number of nitrogens with zero attached hydrogens (tertiary/aromatic N) is 2. The van der Waals surface area contributed by atoms with Gasteiger partial charge in [-0.1, -0.05) is 6.92 Å². The van der Waals surface area contributed by atoms with Gasteiger partial charge in [0.15, 0.2) is 5.78 Å². The summed E-state index contributed by atoms with van der Waals surface area (Å²) in [5.41, 5.74) is 1.89. The Hall–Kier alpha value is -1.97. The Morgan fingerprint density at radius 1 is 1.44 bits per heavy atom. The number of halogens is 1. The molecular formula is C14H15FN2O. The third-order valence-electron chi connectivity index (χ3n) is 2.76. The fourth-order valence-electron chi connectivity index (χ4n) is 1.92. The maximum Gasteiger partial charge on any atom is 0.160 e. The van der Waals surface area contributed by atoms with Crippen LogP contribution in [0.3, 0.4) is 0 Å². The Labute approximate surface area is 105 Å². The van der Waals surface area contributed by atoms with Gasteiger partial charge in [-0.15, -0.1) is 0 Å². The fourth-order valence-corrected chi connectivity index (χ4v) is 1.92. The maximum atomic E-state index is 13.3. The minimum atomic E-state index is -0.349. The number of carbonyl (C=O) groups is 1. The highest BCUT2D eigenvalue weighted by atomic mass is 19.1. The van der Waals surface area contributed by atoms with Gasteiger partial charge in [0.25, 0.3) is 0 Å². The monoisotopic (exact) mass is 246 g/mol. The van der Waals surface area contributed by atoms with Gasteiger partial charge < -0.3 is 0 Å². The zero-order valence-electron chi connectivity index (χ0n) is 10.5. The van der Waals surface area contributed by atoms with Crippen molar-refractivity contribution in [3.05, 3.63) is 42.0 Å². The number of hydrogen-bond acceptors (Lipinski definition) is 2. The van der Waals surface area contributed by atoms with E-state index in [9.17, 15) is 9.18 Å². The van der Waals surface area contributed by atoms with Crippen LogP contribution in [-0.2, 0) is 6.54 Å². The van der Waals surface area contributed by atoms with Gasteiger partial charge in [-0.2, -0.15) is 5.10 Å². The summed E-state index contributed by atoms with van der Waals surface area (Å²) in [6.45, 7) is 4.35. The van der Waals surface area contributed by atoms with Gasteiger partial charge in [0.05, 0.1) is 6.20 Å². The molecule has 3 nitrogen and oxygen atoms in total. The molecule has 0 aliphatic heterocycles. The average Bonchev–Trinajstić information content (AvgIpc) is 2.77. The number of benzene rings is 1. The second-order valence-corrected chi connectivity index (χ2v) is 4.24. The lowest BCUT2D eigenvalue weighted by Gasteiger charge is -2.04. The first-order valence-electron chi connectivity index (χ1n) is 5.95. The van der Waals surface area contributed by atoms with Crippen LogP contribution in [0.5, 0.6) is 0 Å². The molecule has 0 atom stereocenters. The molecule has 0 saturated heterocycles. The summed E-state index contributed by atoms with van der Waals surface area (Å²) < 4.78 is 15.1. The van der Waals surface area contributed by atoms with E-state index in [1.807, 2.05) is 6.20 Å². The van der Waals surface area contributed by atoms with Crippen molar-refractivity contribution >= 4 is 5.78 Å². The van der Waals surface area contributed by atoms with E-state index in [2.05, 4.69) is 12.0 Å². The molecular weight excluding hydrogens is 231 g/mol. The minimum Gasteiger partial charge on any atom is -0.294 e. The van der Waals surface area contributed by atoms with Crippen molar-refractivity contribution in [2.75, 3.05) is 0 Å². The molecule has 0 unspecified atom stereocenters. The van der Waals surface area contributed by atoms with Gasteiger partial charge in [-0.05, 0) is 37.1 Å². The van der Waals surface area contributed by atoms with Gasteiger partial charge >= 0.3 is 0 Å².